The van der Waals surface area contributed by atoms with Crippen LogP contribution in [0.5, 0.6) is 0 Å². The van der Waals surface area contributed by atoms with Crippen molar-refractivity contribution in [2.24, 2.45) is 0 Å². The van der Waals surface area contributed by atoms with E-state index in [1.54, 1.807) is 23.0 Å². The summed E-state index contributed by atoms with van der Waals surface area (Å²) < 4.78 is 15.7. The molecule has 134 valence electrons. The number of nitrogens with two attached hydrogens (primary N) is 1. The molecule has 0 aliphatic carbocycles. The maximum absolute atomic E-state index is 14.1. The first kappa shape index (κ1) is 16.9. The molecule has 0 aliphatic rings. The van der Waals surface area contributed by atoms with E-state index in [4.69, 9.17) is 17.3 Å². The maximum Gasteiger partial charge on any atom is 0.241 e. The highest BCUT2D eigenvalue weighted by molar-refractivity contribution is 6.31. The van der Waals surface area contributed by atoms with Crippen LogP contribution in [-0.4, -0.2) is 29.5 Å². The zero-order chi connectivity index (χ0) is 18.8. The van der Waals surface area contributed by atoms with Crippen molar-refractivity contribution < 1.29 is 4.39 Å². The molecule has 0 saturated heterocycles. The quantitative estimate of drug-likeness (QED) is 0.557. The molecule has 4 aromatic rings. The fourth-order valence-electron chi connectivity index (χ4n) is 2.35. The van der Waals surface area contributed by atoms with Crippen LogP contribution in [0.3, 0.4) is 0 Å². The first-order chi connectivity index (χ1) is 13.1. The highest BCUT2D eigenvalue weighted by Crippen LogP contribution is 2.24. The van der Waals surface area contributed by atoms with E-state index >= 15 is 0 Å². The van der Waals surface area contributed by atoms with Crippen LogP contribution in [0.1, 0.15) is 0 Å². The van der Waals surface area contributed by atoms with Gasteiger partial charge in [-0.25, -0.2) is 9.37 Å². The molecule has 10 heteroatoms. The lowest BCUT2D eigenvalue weighted by atomic mass is 10.3. The maximum atomic E-state index is 14.1. The number of nitrogen functional groups attached to an aromatic ring is 1. The summed E-state index contributed by atoms with van der Waals surface area (Å²) in [6.45, 7) is 0. The first-order valence-electron chi connectivity index (χ1n) is 7.78. The molecule has 0 amide bonds. The van der Waals surface area contributed by atoms with Gasteiger partial charge >= 0.3 is 0 Å². The van der Waals surface area contributed by atoms with Gasteiger partial charge in [0, 0.05) is 12.4 Å². The third kappa shape index (κ3) is 3.53. The standard InChI is InChI=1S/C17H12ClFN8/c18-10-4-3-6-12(14(10)19)23-16-24-15(20)25-17(26-16)27-8-13(22-9-27)11-5-1-2-7-21-11/h1-9H,(H3,20,23,24,25,26). The average molecular weight is 383 g/mol. The summed E-state index contributed by atoms with van der Waals surface area (Å²) in [4.78, 5) is 20.9. The minimum absolute atomic E-state index is 0.0168. The van der Waals surface area contributed by atoms with Crippen LogP contribution in [0.25, 0.3) is 17.3 Å². The molecule has 3 N–H and O–H groups in total. The number of pyridine rings is 1. The number of benzene rings is 1. The van der Waals surface area contributed by atoms with Gasteiger partial charge < -0.3 is 11.1 Å². The van der Waals surface area contributed by atoms with Crippen molar-refractivity contribution in [1.82, 2.24) is 29.5 Å². The van der Waals surface area contributed by atoms with Crippen LogP contribution in [0.2, 0.25) is 5.02 Å². The molecule has 0 aliphatic heterocycles. The Balaban J connectivity index is 1.67. The lowest BCUT2D eigenvalue weighted by Gasteiger charge is -2.08. The van der Waals surface area contributed by atoms with Crippen LogP contribution in [-0.2, 0) is 0 Å². The molecule has 8 nitrogen and oxygen atoms in total. The number of anilines is 3. The molecule has 1 aromatic carbocycles. The lowest BCUT2D eigenvalue weighted by Crippen LogP contribution is -2.09. The molecule has 3 aromatic heterocycles. The Hall–Kier alpha value is -3.59. The number of hydrogen-bond acceptors (Lipinski definition) is 7. The summed E-state index contributed by atoms with van der Waals surface area (Å²) in [6, 6.07) is 10.1. The third-order valence-corrected chi connectivity index (χ3v) is 3.87. The Morgan fingerprint density at radius 3 is 2.70 bits per heavy atom. The van der Waals surface area contributed by atoms with Crippen molar-refractivity contribution in [1.29, 1.82) is 0 Å². The molecular weight excluding hydrogens is 371 g/mol. The Kier molecular flexibility index (Phi) is 4.35. The van der Waals surface area contributed by atoms with Gasteiger partial charge in [0.1, 0.15) is 12.0 Å². The molecule has 0 radical (unpaired) electrons. The molecule has 0 unspecified atom stereocenters. The predicted octanol–water partition coefficient (Wildman–Crippen LogP) is 3.24. The summed E-state index contributed by atoms with van der Waals surface area (Å²) in [5.41, 5.74) is 7.24. The first-order valence-corrected chi connectivity index (χ1v) is 8.16. The summed E-state index contributed by atoms with van der Waals surface area (Å²) in [5, 5.41) is 2.74. The highest BCUT2D eigenvalue weighted by Gasteiger charge is 2.12. The second-order valence-corrected chi connectivity index (χ2v) is 5.83. The number of halogens is 2. The van der Waals surface area contributed by atoms with Crippen molar-refractivity contribution in [2.45, 2.75) is 0 Å². The molecular formula is C17H12ClFN8. The molecule has 0 bridgehead atoms. The van der Waals surface area contributed by atoms with Gasteiger partial charge in [-0.2, -0.15) is 15.0 Å². The van der Waals surface area contributed by atoms with Crippen molar-refractivity contribution in [3.8, 4) is 17.3 Å². The summed E-state index contributed by atoms with van der Waals surface area (Å²) >= 11 is 5.79. The number of imidazole rings is 1. The van der Waals surface area contributed by atoms with Crippen molar-refractivity contribution in [3.63, 3.8) is 0 Å². The minimum atomic E-state index is -0.611. The van der Waals surface area contributed by atoms with Gasteiger partial charge in [0.15, 0.2) is 5.82 Å². The monoisotopic (exact) mass is 382 g/mol. The smallest absolute Gasteiger partial charge is 0.241 e. The van der Waals surface area contributed by atoms with E-state index in [1.165, 1.54) is 18.5 Å². The van der Waals surface area contributed by atoms with Crippen LogP contribution < -0.4 is 11.1 Å². The minimum Gasteiger partial charge on any atom is -0.368 e. The van der Waals surface area contributed by atoms with E-state index in [9.17, 15) is 4.39 Å². The van der Waals surface area contributed by atoms with Gasteiger partial charge in [0.2, 0.25) is 17.8 Å². The van der Waals surface area contributed by atoms with Crippen LogP contribution in [0.15, 0.2) is 55.1 Å². The van der Waals surface area contributed by atoms with Crippen molar-refractivity contribution in [2.75, 3.05) is 11.1 Å². The van der Waals surface area contributed by atoms with Crippen LogP contribution in [0.4, 0.5) is 22.0 Å². The highest BCUT2D eigenvalue weighted by atomic mass is 35.5. The van der Waals surface area contributed by atoms with Gasteiger partial charge in [-0.15, -0.1) is 0 Å². The number of nitrogens with zero attached hydrogens (tertiary/aromatic N) is 6. The average Bonchev–Trinajstić information content (AvgIpc) is 3.16. The largest absolute Gasteiger partial charge is 0.368 e. The fourth-order valence-corrected chi connectivity index (χ4v) is 2.53. The van der Waals surface area contributed by atoms with E-state index in [0.29, 0.717) is 11.4 Å². The Labute approximate surface area is 157 Å². The Bertz CT molecular complexity index is 1100. The van der Waals surface area contributed by atoms with Gasteiger partial charge in [0.25, 0.3) is 0 Å². The van der Waals surface area contributed by atoms with E-state index in [0.717, 1.165) is 0 Å². The molecule has 27 heavy (non-hydrogen) atoms. The van der Waals surface area contributed by atoms with E-state index in [1.807, 2.05) is 18.2 Å². The summed E-state index contributed by atoms with van der Waals surface area (Å²) in [5.74, 6) is -0.341. The number of rotatable bonds is 4. The molecule has 0 spiro atoms. The SMILES string of the molecule is Nc1nc(Nc2cccc(Cl)c2F)nc(-n2cnc(-c3ccccn3)c2)n1. The molecule has 4 rings (SSSR count). The third-order valence-electron chi connectivity index (χ3n) is 3.58. The Morgan fingerprint density at radius 2 is 1.89 bits per heavy atom. The van der Waals surface area contributed by atoms with Gasteiger partial charge in [0.05, 0.1) is 16.4 Å². The molecule has 0 fully saturated rings. The normalized spacial score (nSPS) is 10.7. The number of nitrogens with one attached hydrogen (secondary N) is 1. The fraction of sp³-hybridized carbons (Fsp3) is 0. The zero-order valence-corrected chi connectivity index (χ0v) is 14.5. The summed E-state index contributed by atoms with van der Waals surface area (Å²) in [6.07, 6.45) is 4.92. The topological polar surface area (TPSA) is 107 Å². The van der Waals surface area contributed by atoms with E-state index in [2.05, 4.69) is 30.2 Å². The Morgan fingerprint density at radius 1 is 1.00 bits per heavy atom. The van der Waals surface area contributed by atoms with Crippen LogP contribution in [0, 0.1) is 5.82 Å². The lowest BCUT2D eigenvalue weighted by molar-refractivity contribution is 0.632. The van der Waals surface area contributed by atoms with Crippen molar-refractivity contribution >= 4 is 29.2 Å². The molecule has 0 saturated carbocycles. The molecule has 3 heterocycles. The second-order valence-electron chi connectivity index (χ2n) is 5.42. The number of aromatic nitrogens is 6. The molecule has 0 atom stereocenters. The van der Waals surface area contributed by atoms with E-state index < -0.39 is 5.82 Å². The van der Waals surface area contributed by atoms with Gasteiger partial charge in [-0.1, -0.05) is 23.7 Å². The summed E-state index contributed by atoms with van der Waals surface area (Å²) in [7, 11) is 0. The predicted molar refractivity (Wildman–Crippen MR) is 99.3 cm³/mol. The van der Waals surface area contributed by atoms with Gasteiger partial charge in [-0.05, 0) is 24.3 Å². The van der Waals surface area contributed by atoms with E-state index in [-0.39, 0.29) is 28.6 Å². The second kappa shape index (κ2) is 6.96. The van der Waals surface area contributed by atoms with Gasteiger partial charge in [-0.3, -0.25) is 9.55 Å². The zero-order valence-electron chi connectivity index (χ0n) is 13.7. The van der Waals surface area contributed by atoms with Crippen LogP contribution >= 0.6 is 11.6 Å². The number of hydrogen-bond donors (Lipinski definition) is 2. The van der Waals surface area contributed by atoms with Crippen molar-refractivity contribution in [3.05, 3.63) is 66.0 Å².